The van der Waals surface area contributed by atoms with E-state index >= 15 is 0 Å². The average Bonchev–Trinajstić information content (AvgIpc) is 3.53. The third-order valence-electron chi connectivity index (χ3n) is 9.26. The fraction of sp³-hybridized carbons (Fsp3) is 0.636. The minimum atomic E-state index is -0.370. The lowest BCUT2D eigenvalue weighted by Gasteiger charge is -2.48. The molecule has 1 aromatic rings. The number of fused-ring (bicyclic) bond motifs is 3. The molecule has 8 aliphatic rings. The quantitative estimate of drug-likeness (QED) is 0.568. The minimum Gasteiger partial charge on any atom is -0.469 e. The Morgan fingerprint density at radius 3 is 1.64 bits per heavy atom. The highest BCUT2D eigenvalue weighted by molar-refractivity contribution is 5.81. The van der Waals surface area contributed by atoms with Crippen molar-refractivity contribution in [3.63, 3.8) is 0 Å². The molecular weight excluding hydrogens is 360 g/mol. The molecule has 0 N–H and O–H groups in total. The van der Waals surface area contributed by atoms with Crippen LogP contribution in [0.5, 0.6) is 0 Å². The fourth-order valence-corrected chi connectivity index (χ4v) is 8.48. The van der Waals surface area contributed by atoms with Crippen LogP contribution in [0.15, 0.2) is 24.3 Å². The van der Waals surface area contributed by atoms with Crippen LogP contribution in [-0.4, -0.2) is 49.6 Å². The van der Waals surface area contributed by atoms with Crippen molar-refractivity contribution in [1.29, 1.82) is 0 Å². The van der Waals surface area contributed by atoms with E-state index in [9.17, 15) is 9.59 Å². The zero-order valence-corrected chi connectivity index (χ0v) is 15.5. The highest BCUT2D eigenvalue weighted by atomic mass is 16.7. The fourth-order valence-electron chi connectivity index (χ4n) is 8.48. The van der Waals surface area contributed by atoms with Gasteiger partial charge in [-0.25, -0.2) is 0 Å². The maximum absolute atomic E-state index is 12.5. The number of esters is 2. The van der Waals surface area contributed by atoms with Gasteiger partial charge >= 0.3 is 11.9 Å². The Balaban J connectivity index is 1.31. The Hall–Kier alpha value is -1.92. The SMILES string of the molecule is COC(=O)C1C2C1C1OC13C1c4ccccc4C(C4C(C(=O)OC)C41)C31OC21. The molecule has 28 heavy (non-hydrogen) atoms. The predicted molar refractivity (Wildman–Crippen MR) is 92.1 cm³/mol. The van der Waals surface area contributed by atoms with E-state index in [0.717, 1.165) is 0 Å². The number of hydrogen-bond acceptors (Lipinski definition) is 6. The normalized spacial score (nSPS) is 58.6. The largest absolute Gasteiger partial charge is 0.469 e. The summed E-state index contributed by atoms with van der Waals surface area (Å²) in [6, 6.07) is 8.56. The first-order valence-electron chi connectivity index (χ1n) is 10.2. The molecule has 0 amide bonds. The van der Waals surface area contributed by atoms with E-state index in [1.54, 1.807) is 0 Å². The summed E-state index contributed by atoms with van der Waals surface area (Å²) in [6.07, 6.45) is 0.0853. The van der Waals surface area contributed by atoms with Crippen LogP contribution >= 0.6 is 0 Å². The Kier molecular flexibility index (Phi) is 2.16. The maximum atomic E-state index is 12.5. The Labute approximate surface area is 161 Å². The van der Waals surface area contributed by atoms with Gasteiger partial charge in [0.2, 0.25) is 0 Å². The van der Waals surface area contributed by atoms with Crippen LogP contribution in [0.2, 0.25) is 0 Å². The number of ether oxygens (including phenoxy) is 4. The van der Waals surface area contributed by atoms with Crippen LogP contribution in [0.1, 0.15) is 23.0 Å². The topological polar surface area (TPSA) is 77.7 Å². The number of hydrogen-bond donors (Lipinski definition) is 0. The molecule has 2 saturated heterocycles. The summed E-state index contributed by atoms with van der Waals surface area (Å²) >= 11 is 0. The number of methoxy groups -OCH3 is 2. The summed E-state index contributed by atoms with van der Waals surface area (Å²) in [4.78, 5) is 24.9. The van der Waals surface area contributed by atoms with Crippen LogP contribution in [0.25, 0.3) is 0 Å². The molecule has 2 aliphatic heterocycles. The van der Waals surface area contributed by atoms with E-state index < -0.39 is 0 Å². The standard InChI is InChI=1S/C22H20O6/c1-25-19(23)13-9-10(13)16-8-6-4-3-5-7(8)15(9)21-17(27-21)11-12(14(11)20(24)26-2)18-22(16,21)28-18/h3-6,9-18H,1-2H3. The van der Waals surface area contributed by atoms with Crippen molar-refractivity contribution < 1.29 is 28.5 Å². The second-order valence-electron chi connectivity index (χ2n) is 9.65. The van der Waals surface area contributed by atoms with Crippen molar-refractivity contribution in [3.8, 4) is 0 Å². The summed E-state index contributed by atoms with van der Waals surface area (Å²) in [5, 5.41) is 0. The van der Waals surface area contributed by atoms with Gasteiger partial charge in [-0.05, 0) is 23.0 Å². The first kappa shape index (κ1) is 15.0. The molecule has 4 saturated carbocycles. The summed E-state index contributed by atoms with van der Waals surface area (Å²) in [6.45, 7) is 0. The van der Waals surface area contributed by atoms with E-state index in [-0.39, 0.29) is 82.7 Å². The third kappa shape index (κ3) is 1.18. The van der Waals surface area contributed by atoms with Crippen LogP contribution in [0, 0.1) is 35.5 Å². The molecule has 6 nitrogen and oxygen atoms in total. The zero-order chi connectivity index (χ0) is 18.7. The molecule has 0 aromatic heterocycles. The second-order valence-corrected chi connectivity index (χ2v) is 9.65. The average molecular weight is 380 g/mol. The lowest BCUT2D eigenvalue weighted by molar-refractivity contribution is -0.143. The smallest absolute Gasteiger partial charge is 0.309 e. The molecule has 2 heterocycles. The minimum absolute atomic E-state index is 0.0426. The van der Waals surface area contributed by atoms with Gasteiger partial charge in [-0.2, -0.15) is 0 Å². The number of rotatable bonds is 2. The molecule has 10 unspecified atom stereocenters. The molecule has 144 valence electrons. The van der Waals surface area contributed by atoms with Crippen LogP contribution in [-0.2, 0) is 28.5 Å². The van der Waals surface area contributed by atoms with Crippen LogP contribution in [0.3, 0.4) is 0 Å². The summed E-state index contributed by atoms with van der Waals surface area (Å²) in [7, 11) is 2.94. The van der Waals surface area contributed by atoms with Crippen molar-refractivity contribution in [1.82, 2.24) is 0 Å². The van der Waals surface area contributed by atoms with Crippen molar-refractivity contribution >= 4 is 11.9 Å². The van der Waals surface area contributed by atoms with Gasteiger partial charge in [0.25, 0.3) is 0 Å². The lowest BCUT2D eigenvalue weighted by atomic mass is 9.52. The van der Waals surface area contributed by atoms with E-state index in [0.29, 0.717) is 0 Å². The molecule has 1 aromatic carbocycles. The zero-order valence-electron chi connectivity index (χ0n) is 15.5. The number of carbonyl (C=O) groups is 2. The summed E-state index contributed by atoms with van der Waals surface area (Å²) < 4.78 is 23.3. The van der Waals surface area contributed by atoms with Gasteiger partial charge in [0.05, 0.1) is 38.3 Å². The van der Waals surface area contributed by atoms with Gasteiger partial charge in [-0.15, -0.1) is 0 Å². The number of carbonyl (C=O) groups excluding carboxylic acids is 2. The van der Waals surface area contributed by atoms with E-state index in [2.05, 4.69) is 24.3 Å². The van der Waals surface area contributed by atoms with Gasteiger partial charge in [0.15, 0.2) is 0 Å². The van der Waals surface area contributed by atoms with Gasteiger partial charge in [0.1, 0.15) is 11.2 Å². The molecule has 2 spiro atoms. The highest BCUT2D eigenvalue weighted by Gasteiger charge is 3.01. The van der Waals surface area contributed by atoms with Crippen molar-refractivity contribution in [2.24, 2.45) is 35.5 Å². The number of epoxide rings is 2. The van der Waals surface area contributed by atoms with Gasteiger partial charge in [-0.1, -0.05) is 24.3 Å². The lowest BCUT2D eigenvalue weighted by Crippen LogP contribution is -2.57. The summed E-state index contributed by atoms with van der Waals surface area (Å²) in [5.74, 6) is 0.837. The van der Waals surface area contributed by atoms with Gasteiger partial charge < -0.3 is 18.9 Å². The maximum Gasteiger partial charge on any atom is 0.309 e. The summed E-state index contributed by atoms with van der Waals surface area (Å²) in [5.41, 5.74) is 1.89. The van der Waals surface area contributed by atoms with E-state index in [4.69, 9.17) is 18.9 Å². The van der Waals surface area contributed by atoms with Gasteiger partial charge in [0, 0.05) is 23.7 Å². The van der Waals surface area contributed by atoms with Crippen molar-refractivity contribution in [2.75, 3.05) is 14.2 Å². The van der Waals surface area contributed by atoms with E-state index in [1.807, 2.05) is 0 Å². The van der Waals surface area contributed by atoms with Crippen molar-refractivity contribution in [3.05, 3.63) is 35.4 Å². The molecule has 10 atom stereocenters. The Morgan fingerprint density at radius 1 is 0.786 bits per heavy atom. The van der Waals surface area contributed by atoms with Gasteiger partial charge in [-0.3, -0.25) is 9.59 Å². The molecule has 6 aliphatic carbocycles. The molecule has 6 fully saturated rings. The number of benzene rings is 1. The first-order valence-corrected chi connectivity index (χ1v) is 10.2. The monoisotopic (exact) mass is 380 g/mol. The van der Waals surface area contributed by atoms with Crippen LogP contribution in [0.4, 0.5) is 0 Å². The molecule has 0 radical (unpaired) electrons. The molecular formula is C22H20O6. The first-order chi connectivity index (χ1) is 13.6. The second kappa shape index (κ2) is 4.03. The predicted octanol–water partition coefficient (Wildman–Crippen LogP) is 1.24. The highest BCUT2D eigenvalue weighted by Crippen LogP contribution is 2.91. The van der Waals surface area contributed by atoms with E-state index in [1.165, 1.54) is 25.3 Å². The van der Waals surface area contributed by atoms with Crippen LogP contribution < -0.4 is 0 Å². The Bertz CT molecular complexity index is 941. The molecule has 6 heteroatoms. The molecule has 2 bridgehead atoms. The van der Waals surface area contributed by atoms with Crippen molar-refractivity contribution in [2.45, 2.75) is 35.2 Å². The molecule has 9 rings (SSSR count). The third-order valence-corrected chi connectivity index (χ3v) is 9.26. The Morgan fingerprint density at radius 2 is 1.21 bits per heavy atom.